The largest absolute Gasteiger partial charge is 0.348 e. The number of hydrogen-bond donors (Lipinski definition) is 1. The Hall–Kier alpha value is -0.610. The van der Waals surface area contributed by atoms with Gasteiger partial charge in [-0.05, 0) is 32.9 Å². The third-order valence-electron chi connectivity index (χ3n) is 3.60. The van der Waals surface area contributed by atoms with Gasteiger partial charge in [-0.25, -0.2) is 0 Å². The Balaban J connectivity index is 2.56. The zero-order chi connectivity index (χ0) is 12.8. The average Bonchev–Trinajstić information content (AvgIpc) is 2.29. The zero-order valence-electron chi connectivity index (χ0n) is 11.7. The molecule has 1 aliphatic heterocycles. The first kappa shape index (κ1) is 14.5. The summed E-state index contributed by atoms with van der Waals surface area (Å²) < 4.78 is 0. The maximum Gasteiger partial charge on any atom is 0.236 e. The summed E-state index contributed by atoms with van der Waals surface area (Å²) in [6.07, 6.45) is 3.71. The summed E-state index contributed by atoms with van der Waals surface area (Å²) in [6, 6.07) is 0.975. The molecule has 0 bridgehead atoms. The molecule has 0 spiro atoms. The Morgan fingerprint density at radius 2 is 2.18 bits per heavy atom. The molecule has 1 amide bonds. The number of carbonyl (C=O) groups excluding carboxylic acids is 1. The lowest BCUT2D eigenvalue weighted by Gasteiger charge is -2.39. The Morgan fingerprint density at radius 3 is 2.76 bits per heavy atom. The van der Waals surface area contributed by atoms with Crippen LogP contribution in [0.25, 0.3) is 0 Å². The van der Waals surface area contributed by atoms with Crippen LogP contribution >= 0.6 is 0 Å². The molecule has 1 N–H and O–H groups in total. The van der Waals surface area contributed by atoms with Crippen molar-refractivity contribution in [3.63, 3.8) is 0 Å². The predicted molar refractivity (Wildman–Crippen MR) is 71.0 cm³/mol. The highest BCUT2D eigenvalue weighted by Gasteiger charge is 2.28. The molecule has 1 saturated heterocycles. The fourth-order valence-corrected chi connectivity index (χ4v) is 2.55. The third-order valence-corrected chi connectivity index (χ3v) is 3.60. The number of amides is 1. The van der Waals surface area contributed by atoms with Crippen molar-refractivity contribution in [2.45, 2.75) is 45.2 Å². The van der Waals surface area contributed by atoms with Gasteiger partial charge in [0.2, 0.25) is 5.91 Å². The molecule has 0 aromatic heterocycles. The van der Waals surface area contributed by atoms with E-state index < -0.39 is 0 Å². The predicted octanol–water partition coefficient (Wildman–Crippen LogP) is 0.927. The Kier molecular flexibility index (Phi) is 5.92. The summed E-state index contributed by atoms with van der Waals surface area (Å²) in [5.41, 5.74) is 0. The molecule has 0 radical (unpaired) electrons. The molecule has 4 heteroatoms. The average molecular weight is 241 g/mol. The molecule has 100 valence electrons. The van der Waals surface area contributed by atoms with Gasteiger partial charge in [0.15, 0.2) is 0 Å². The second kappa shape index (κ2) is 6.97. The van der Waals surface area contributed by atoms with Crippen molar-refractivity contribution in [2.24, 2.45) is 0 Å². The van der Waals surface area contributed by atoms with E-state index in [0.29, 0.717) is 18.6 Å². The van der Waals surface area contributed by atoms with Crippen LogP contribution in [-0.2, 0) is 4.79 Å². The van der Waals surface area contributed by atoms with Gasteiger partial charge in [-0.3, -0.25) is 9.69 Å². The number of rotatable bonds is 5. The Labute approximate surface area is 105 Å². The first-order valence-corrected chi connectivity index (χ1v) is 6.73. The maximum atomic E-state index is 11.8. The quantitative estimate of drug-likeness (QED) is 0.778. The topological polar surface area (TPSA) is 35.6 Å². The van der Waals surface area contributed by atoms with Crippen molar-refractivity contribution >= 4 is 5.91 Å². The van der Waals surface area contributed by atoms with Crippen LogP contribution in [0.15, 0.2) is 0 Å². The first-order valence-electron chi connectivity index (χ1n) is 6.73. The highest BCUT2D eigenvalue weighted by molar-refractivity contribution is 5.77. The molecule has 0 saturated carbocycles. The maximum absolute atomic E-state index is 11.8. The van der Waals surface area contributed by atoms with Gasteiger partial charge in [-0.15, -0.1) is 0 Å². The van der Waals surface area contributed by atoms with E-state index in [-0.39, 0.29) is 5.91 Å². The van der Waals surface area contributed by atoms with Crippen LogP contribution in [0.2, 0.25) is 0 Å². The highest BCUT2D eigenvalue weighted by Crippen LogP contribution is 2.19. The van der Waals surface area contributed by atoms with Crippen LogP contribution in [0.4, 0.5) is 0 Å². The molecule has 1 heterocycles. The van der Waals surface area contributed by atoms with Crippen LogP contribution in [-0.4, -0.2) is 61.5 Å². The van der Waals surface area contributed by atoms with E-state index in [4.69, 9.17) is 0 Å². The van der Waals surface area contributed by atoms with E-state index in [9.17, 15) is 4.79 Å². The molecule has 17 heavy (non-hydrogen) atoms. The number of carbonyl (C=O) groups is 1. The highest BCUT2D eigenvalue weighted by atomic mass is 16.2. The van der Waals surface area contributed by atoms with E-state index in [1.165, 1.54) is 19.3 Å². The molecule has 4 nitrogen and oxygen atoms in total. The van der Waals surface area contributed by atoms with E-state index in [1.54, 1.807) is 4.90 Å². The van der Waals surface area contributed by atoms with Crippen molar-refractivity contribution in [2.75, 3.05) is 33.7 Å². The van der Waals surface area contributed by atoms with Crippen LogP contribution in [0, 0.1) is 0 Å². The summed E-state index contributed by atoms with van der Waals surface area (Å²) in [5.74, 6) is 0.209. The number of likely N-dealkylation sites (tertiary alicyclic amines) is 1. The molecule has 1 fully saturated rings. The van der Waals surface area contributed by atoms with E-state index in [2.05, 4.69) is 24.1 Å². The lowest BCUT2D eigenvalue weighted by molar-refractivity contribution is -0.131. The third kappa shape index (κ3) is 4.28. The molecule has 0 aromatic rings. The lowest BCUT2D eigenvalue weighted by Crippen LogP contribution is -2.53. The summed E-state index contributed by atoms with van der Waals surface area (Å²) in [6.45, 7) is 6.97. The van der Waals surface area contributed by atoms with Gasteiger partial charge in [-0.2, -0.15) is 0 Å². The van der Waals surface area contributed by atoms with Gasteiger partial charge in [0.1, 0.15) is 0 Å². The van der Waals surface area contributed by atoms with Gasteiger partial charge in [0, 0.05) is 26.2 Å². The minimum atomic E-state index is 0.209. The van der Waals surface area contributed by atoms with Crippen molar-refractivity contribution in [3.05, 3.63) is 0 Å². The summed E-state index contributed by atoms with van der Waals surface area (Å²) in [5, 5.41) is 3.48. The molecule has 0 aliphatic carbocycles. The number of hydrogen-bond acceptors (Lipinski definition) is 3. The second-order valence-corrected chi connectivity index (χ2v) is 5.17. The van der Waals surface area contributed by atoms with Crippen molar-refractivity contribution < 1.29 is 4.79 Å². The van der Waals surface area contributed by atoms with Gasteiger partial charge in [-0.1, -0.05) is 13.3 Å². The zero-order valence-corrected chi connectivity index (χ0v) is 11.7. The number of nitrogens with zero attached hydrogens (tertiary/aromatic N) is 2. The number of likely N-dealkylation sites (N-methyl/N-ethyl adjacent to an activating group) is 2. The van der Waals surface area contributed by atoms with E-state index in [0.717, 1.165) is 13.1 Å². The fourth-order valence-electron chi connectivity index (χ4n) is 2.55. The van der Waals surface area contributed by atoms with Crippen LogP contribution in [0.3, 0.4) is 0 Å². The Bertz CT molecular complexity index is 243. The minimum absolute atomic E-state index is 0.209. The van der Waals surface area contributed by atoms with Gasteiger partial charge >= 0.3 is 0 Å². The number of nitrogens with one attached hydrogen (secondary N) is 1. The SMILES string of the molecule is CCNC(C)C1CCCCN1CC(=O)N(C)C. The molecule has 1 rings (SSSR count). The van der Waals surface area contributed by atoms with E-state index in [1.807, 2.05) is 14.1 Å². The molecular weight excluding hydrogens is 214 g/mol. The second-order valence-electron chi connectivity index (χ2n) is 5.17. The first-order chi connectivity index (χ1) is 8.06. The minimum Gasteiger partial charge on any atom is -0.348 e. The summed E-state index contributed by atoms with van der Waals surface area (Å²) in [4.78, 5) is 15.8. The smallest absolute Gasteiger partial charge is 0.236 e. The van der Waals surface area contributed by atoms with E-state index >= 15 is 0 Å². The van der Waals surface area contributed by atoms with Gasteiger partial charge in [0.25, 0.3) is 0 Å². The molecular formula is C13H27N3O. The van der Waals surface area contributed by atoms with Crippen LogP contribution in [0.5, 0.6) is 0 Å². The van der Waals surface area contributed by atoms with Crippen molar-refractivity contribution in [1.82, 2.24) is 15.1 Å². The van der Waals surface area contributed by atoms with Gasteiger partial charge in [0.05, 0.1) is 6.54 Å². The Morgan fingerprint density at radius 1 is 1.47 bits per heavy atom. The standard InChI is InChI=1S/C13H27N3O/c1-5-14-11(2)12-8-6-7-9-16(12)10-13(17)15(3)4/h11-12,14H,5-10H2,1-4H3. The number of piperidine rings is 1. The van der Waals surface area contributed by atoms with Crippen molar-refractivity contribution in [1.29, 1.82) is 0 Å². The molecule has 0 aromatic carbocycles. The molecule has 2 unspecified atom stereocenters. The van der Waals surface area contributed by atoms with Gasteiger partial charge < -0.3 is 10.2 Å². The van der Waals surface area contributed by atoms with Crippen LogP contribution in [0.1, 0.15) is 33.1 Å². The molecule has 2 atom stereocenters. The summed E-state index contributed by atoms with van der Waals surface area (Å²) in [7, 11) is 3.66. The monoisotopic (exact) mass is 241 g/mol. The summed E-state index contributed by atoms with van der Waals surface area (Å²) >= 11 is 0. The lowest BCUT2D eigenvalue weighted by atomic mass is 9.96. The molecule has 1 aliphatic rings. The fraction of sp³-hybridized carbons (Fsp3) is 0.923. The van der Waals surface area contributed by atoms with Crippen molar-refractivity contribution in [3.8, 4) is 0 Å². The normalized spacial score (nSPS) is 23.4. The van der Waals surface area contributed by atoms with Crippen LogP contribution < -0.4 is 5.32 Å².